The van der Waals surface area contributed by atoms with Crippen molar-refractivity contribution in [2.75, 3.05) is 13.1 Å². The van der Waals surface area contributed by atoms with Gasteiger partial charge in [0.1, 0.15) is 18.0 Å². The van der Waals surface area contributed by atoms with Crippen LogP contribution in [0.25, 0.3) is 0 Å². The highest BCUT2D eigenvalue weighted by molar-refractivity contribution is 5.90. The van der Waals surface area contributed by atoms with Crippen LogP contribution >= 0.6 is 0 Å². The molecule has 1 fully saturated rings. The molecule has 1 aliphatic rings. The summed E-state index contributed by atoms with van der Waals surface area (Å²) < 4.78 is 5.97. The number of imidazole rings is 1. The molecular weight excluding hydrogens is 306 g/mol. The zero-order chi connectivity index (χ0) is 17.1. The number of benzene rings is 1. The first-order chi connectivity index (χ1) is 11.5. The molecule has 2 atom stereocenters. The number of amides is 1. The van der Waals surface area contributed by atoms with E-state index < -0.39 is 6.10 Å². The van der Waals surface area contributed by atoms with Crippen LogP contribution in [0.5, 0.6) is 5.75 Å². The Hall–Kier alpha value is -2.34. The zero-order valence-corrected chi connectivity index (χ0v) is 14.0. The Labute approximate surface area is 141 Å². The predicted octanol–water partition coefficient (Wildman–Crippen LogP) is 2.19. The summed E-state index contributed by atoms with van der Waals surface area (Å²) in [6.07, 6.45) is 2.70. The highest BCUT2D eigenvalue weighted by atomic mass is 16.5. The van der Waals surface area contributed by atoms with E-state index in [-0.39, 0.29) is 18.6 Å². The van der Waals surface area contributed by atoms with Gasteiger partial charge in [-0.2, -0.15) is 0 Å². The second kappa shape index (κ2) is 7.05. The van der Waals surface area contributed by atoms with Gasteiger partial charge in [-0.25, -0.2) is 4.98 Å². The van der Waals surface area contributed by atoms with Crippen molar-refractivity contribution in [2.24, 2.45) is 0 Å². The van der Waals surface area contributed by atoms with E-state index in [2.05, 4.69) is 29.9 Å². The molecule has 1 aliphatic heterocycles. The number of hydrogen-bond acceptors (Lipinski definition) is 4. The number of aromatic amines is 1. The van der Waals surface area contributed by atoms with Crippen LogP contribution in [0.4, 0.5) is 0 Å². The molecule has 2 aromatic rings. The van der Waals surface area contributed by atoms with Crippen LogP contribution in [0, 0.1) is 0 Å². The summed E-state index contributed by atoms with van der Waals surface area (Å²) in [6.45, 7) is 5.04. The maximum absolute atomic E-state index is 12.3. The molecule has 0 aliphatic carbocycles. The molecule has 2 heterocycles. The number of aliphatic hydroxyl groups excluding tert-OH is 1. The van der Waals surface area contributed by atoms with Gasteiger partial charge in [0.25, 0.3) is 5.91 Å². The fourth-order valence-electron chi connectivity index (χ4n) is 2.89. The quantitative estimate of drug-likeness (QED) is 0.901. The summed E-state index contributed by atoms with van der Waals surface area (Å²) in [5.74, 6) is 1.29. The van der Waals surface area contributed by atoms with Crippen molar-refractivity contribution < 1.29 is 14.6 Å². The summed E-state index contributed by atoms with van der Waals surface area (Å²) in [6, 6.07) is 7.95. The average molecular weight is 329 g/mol. The first-order valence-electron chi connectivity index (χ1n) is 8.28. The van der Waals surface area contributed by atoms with Crippen LogP contribution < -0.4 is 4.74 Å². The fourth-order valence-corrected chi connectivity index (χ4v) is 2.89. The molecular formula is C18H23N3O3. The van der Waals surface area contributed by atoms with Crippen molar-refractivity contribution >= 4 is 5.91 Å². The Morgan fingerprint density at radius 3 is 2.96 bits per heavy atom. The fraction of sp³-hybridized carbons (Fsp3) is 0.444. The second-order valence-electron chi connectivity index (χ2n) is 6.43. The SMILES string of the molecule is CC(C)c1cccc(O[C@@H]2CCN(C(=O)c3ncc[nH]3)C[C@H]2O)c1. The van der Waals surface area contributed by atoms with E-state index in [9.17, 15) is 9.90 Å². The number of nitrogens with one attached hydrogen (secondary N) is 1. The molecule has 1 saturated heterocycles. The number of β-amino-alcohol motifs (C(OH)–C–C–N with tert-alkyl or cyclic N) is 1. The maximum atomic E-state index is 12.3. The van der Waals surface area contributed by atoms with Crippen molar-refractivity contribution in [1.29, 1.82) is 0 Å². The molecule has 0 bridgehead atoms. The Bertz CT molecular complexity index is 685. The molecule has 3 rings (SSSR count). The number of carbonyl (C=O) groups excluding carboxylic acids is 1. The summed E-state index contributed by atoms with van der Waals surface area (Å²) in [5, 5.41) is 10.4. The van der Waals surface area contributed by atoms with Crippen molar-refractivity contribution in [2.45, 2.75) is 38.4 Å². The number of nitrogens with zero attached hydrogens (tertiary/aromatic N) is 2. The van der Waals surface area contributed by atoms with Gasteiger partial charge in [-0.3, -0.25) is 4.79 Å². The van der Waals surface area contributed by atoms with Crippen molar-refractivity contribution in [3.63, 3.8) is 0 Å². The van der Waals surface area contributed by atoms with Gasteiger partial charge in [-0.05, 0) is 23.6 Å². The van der Waals surface area contributed by atoms with Gasteiger partial charge in [0, 0.05) is 25.4 Å². The number of carbonyl (C=O) groups is 1. The first kappa shape index (κ1) is 16.5. The number of hydrogen-bond donors (Lipinski definition) is 2. The largest absolute Gasteiger partial charge is 0.488 e. The molecule has 0 spiro atoms. The minimum Gasteiger partial charge on any atom is -0.488 e. The number of rotatable bonds is 4. The normalized spacial score (nSPS) is 21.1. The Balaban J connectivity index is 1.62. The molecule has 0 saturated carbocycles. The highest BCUT2D eigenvalue weighted by Crippen LogP contribution is 2.24. The lowest BCUT2D eigenvalue weighted by Crippen LogP contribution is -2.51. The Kier molecular flexibility index (Phi) is 4.85. The molecule has 1 aromatic carbocycles. The lowest BCUT2D eigenvalue weighted by Gasteiger charge is -2.35. The van der Waals surface area contributed by atoms with Crippen LogP contribution in [0.3, 0.4) is 0 Å². The summed E-state index contributed by atoms with van der Waals surface area (Å²) in [7, 11) is 0. The van der Waals surface area contributed by atoms with E-state index in [0.717, 1.165) is 5.75 Å². The second-order valence-corrected chi connectivity index (χ2v) is 6.43. The third-order valence-electron chi connectivity index (χ3n) is 4.32. The molecule has 6 heteroatoms. The van der Waals surface area contributed by atoms with Gasteiger partial charge in [0.15, 0.2) is 5.82 Å². The van der Waals surface area contributed by atoms with Crippen LogP contribution in [-0.4, -0.2) is 51.2 Å². The van der Waals surface area contributed by atoms with Crippen LogP contribution in [0.2, 0.25) is 0 Å². The smallest absolute Gasteiger partial charge is 0.289 e. The number of aliphatic hydroxyl groups is 1. The van der Waals surface area contributed by atoms with Crippen LogP contribution in [0.1, 0.15) is 42.4 Å². The van der Waals surface area contributed by atoms with Crippen LogP contribution in [-0.2, 0) is 0 Å². The van der Waals surface area contributed by atoms with E-state index in [0.29, 0.717) is 24.7 Å². The summed E-state index contributed by atoms with van der Waals surface area (Å²) in [5.41, 5.74) is 1.20. The van der Waals surface area contributed by atoms with Crippen LogP contribution in [0.15, 0.2) is 36.7 Å². The van der Waals surface area contributed by atoms with Gasteiger partial charge in [-0.15, -0.1) is 0 Å². The number of aromatic nitrogens is 2. The Morgan fingerprint density at radius 1 is 1.46 bits per heavy atom. The van der Waals surface area contributed by atoms with Gasteiger partial charge in [0.2, 0.25) is 0 Å². The van der Waals surface area contributed by atoms with Crippen molar-refractivity contribution in [3.05, 3.63) is 48.0 Å². The molecule has 128 valence electrons. The minimum atomic E-state index is -0.722. The lowest BCUT2D eigenvalue weighted by atomic mass is 10.0. The maximum Gasteiger partial charge on any atom is 0.289 e. The van der Waals surface area contributed by atoms with E-state index in [1.54, 1.807) is 17.3 Å². The summed E-state index contributed by atoms with van der Waals surface area (Å²) in [4.78, 5) is 20.6. The minimum absolute atomic E-state index is 0.195. The van der Waals surface area contributed by atoms with E-state index in [1.807, 2.05) is 18.2 Å². The topological polar surface area (TPSA) is 78.5 Å². The number of piperidine rings is 1. The van der Waals surface area contributed by atoms with Gasteiger partial charge in [-0.1, -0.05) is 26.0 Å². The molecule has 0 unspecified atom stereocenters. The third kappa shape index (κ3) is 3.59. The third-order valence-corrected chi connectivity index (χ3v) is 4.32. The first-order valence-corrected chi connectivity index (χ1v) is 8.28. The van der Waals surface area contributed by atoms with Crippen molar-refractivity contribution in [3.8, 4) is 5.75 Å². The lowest BCUT2D eigenvalue weighted by molar-refractivity contribution is -0.0202. The van der Waals surface area contributed by atoms with Gasteiger partial charge in [0.05, 0.1) is 6.54 Å². The number of likely N-dealkylation sites (tertiary alicyclic amines) is 1. The average Bonchev–Trinajstić information content (AvgIpc) is 3.11. The van der Waals surface area contributed by atoms with E-state index in [4.69, 9.17) is 4.74 Å². The molecule has 6 nitrogen and oxygen atoms in total. The molecule has 2 N–H and O–H groups in total. The zero-order valence-electron chi connectivity index (χ0n) is 14.0. The Morgan fingerprint density at radius 2 is 2.29 bits per heavy atom. The molecule has 1 aromatic heterocycles. The van der Waals surface area contributed by atoms with Gasteiger partial charge >= 0.3 is 0 Å². The van der Waals surface area contributed by atoms with Gasteiger partial charge < -0.3 is 19.7 Å². The number of H-pyrrole nitrogens is 1. The summed E-state index contributed by atoms with van der Waals surface area (Å²) >= 11 is 0. The molecule has 0 radical (unpaired) electrons. The number of ether oxygens (including phenoxy) is 1. The monoisotopic (exact) mass is 329 g/mol. The van der Waals surface area contributed by atoms with E-state index in [1.165, 1.54) is 5.56 Å². The van der Waals surface area contributed by atoms with Crippen molar-refractivity contribution in [1.82, 2.24) is 14.9 Å². The predicted molar refractivity (Wildman–Crippen MR) is 90.1 cm³/mol. The molecule has 24 heavy (non-hydrogen) atoms. The molecule has 1 amide bonds. The highest BCUT2D eigenvalue weighted by Gasteiger charge is 2.32. The standard InChI is InChI=1S/C18H23N3O3/c1-12(2)13-4-3-5-14(10-13)24-16-6-9-21(11-15(16)22)18(23)17-19-7-8-20-17/h3-5,7-8,10,12,15-16,22H,6,9,11H2,1-2H3,(H,19,20)/t15-,16-/m1/s1. The van der Waals surface area contributed by atoms with E-state index >= 15 is 0 Å².